The van der Waals surface area contributed by atoms with Crippen molar-refractivity contribution in [2.45, 2.75) is 143 Å². The van der Waals surface area contributed by atoms with E-state index in [0.717, 1.165) is 0 Å². The molecule has 4 fully saturated rings. The molecule has 0 unspecified atom stereocenters. The Balaban J connectivity index is 1.48. The van der Waals surface area contributed by atoms with Crippen LogP contribution < -0.4 is 34.4 Å². The van der Waals surface area contributed by atoms with Gasteiger partial charge in [0, 0.05) is 24.7 Å². The number of hydrogen-bond donors (Lipinski definition) is 11. The average molecular weight is 611 g/mol. The van der Waals surface area contributed by atoms with Crippen LogP contribution in [-0.4, -0.2) is 149 Å². The molecule has 0 radical (unpaired) electrons. The molecule has 0 aromatic heterocycles. The standard InChI is InChI=1S/C25H50N6O11/c1-2-8(27)12-4-3-9(28)23(37-12)40-20-11(30)5-10(29)16(33)22(20)42-25-19(36)21(14(7-32)39-25)41-24-15(31)18(35)17(34)13(6-26)38-24/h8-25,32-36H,2-7,26-31H2,1H3/t8-,9-,10-,11+,12+,13+,14-,15-,16+,17-,18-,19-,20-,21-,22-,23-,24-,25+/m1/s1. The van der Waals surface area contributed by atoms with E-state index >= 15 is 0 Å². The zero-order chi connectivity index (χ0) is 30.9. The molecule has 17 nitrogen and oxygen atoms in total. The van der Waals surface area contributed by atoms with Crippen molar-refractivity contribution in [3.05, 3.63) is 0 Å². The molecular weight excluding hydrogens is 560 g/mol. The fraction of sp³-hybridized carbons (Fsp3) is 1.00. The summed E-state index contributed by atoms with van der Waals surface area (Å²) >= 11 is 0. The van der Waals surface area contributed by atoms with Crippen molar-refractivity contribution in [1.82, 2.24) is 0 Å². The molecule has 3 aliphatic heterocycles. The van der Waals surface area contributed by atoms with Gasteiger partial charge in [0.2, 0.25) is 0 Å². The van der Waals surface area contributed by atoms with Crippen molar-refractivity contribution in [3.8, 4) is 0 Å². The van der Waals surface area contributed by atoms with Crippen molar-refractivity contribution in [1.29, 1.82) is 0 Å². The molecule has 4 aliphatic rings. The van der Waals surface area contributed by atoms with E-state index in [1.807, 2.05) is 6.92 Å². The highest BCUT2D eigenvalue weighted by molar-refractivity contribution is 5.01. The highest BCUT2D eigenvalue weighted by Gasteiger charge is 2.53. The van der Waals surface area contributed by atoms with E-state index in [0.29, 0.717) is 19.3 Å². The van der Waals surface area contributed by atoms with E-state index in [9.17, 15) is 25.5 Å². The number of nitrogens with two attached hydrogens (primary N) is 6. The number of rotatable bonds is 10. The summed E-state index contributed by atoms with van der Waals surface area (Å²) < 4.78 is 35.6. The largest absolute Gasteiger partial charge is 0.394 e. The van der Waals surface area contributed by atoms with Gasteiger partial charge in [0.1, 0.15) is 48.8 Å². The van der Waals surface area contributed by atoms with E-state index in [1.165, 1.54) is 0 Å². The molecule has 0 aromatic rings. The summed E-state index contributed by atoms with van der Waals surface area (Å²) in [6.45, 7) is 1.23. The maximum atomic E-state index is 11.2. The molecule has 4 rings (SSSR count). The highest BCUT2D eigenvalue weighted by Crippen LogP contribution is 2.34. The van der Waals surface area contributed by atoms with Gasteiger partial charge in [0.05, 0.1) is 30.9 Å². The summed E-state index contributed by atoms with van der Waals surface area (Å²) in [6, 6.07) is -3.37. The second-order valence-corrected chi connectivity index (χ2v) is 11.8. The Labute approximate surface area is 244 Å². The molecule has 1 aliphatic carbocycles. The van der Waals surface area contributed by atoms with Crippen LogP contribution in [0.15, 0.2) is 0 Å². The molecule has 0 aromatic carbocycles. The van der Waals surface area contributed by atoms with Crippen molar-refractivity contribution >= 4 is 0 Å². The second kappa shape index (κ2) is 14.6. The van der Waals surface area contributed by atoms with E-state index < -0.39 is 105 Å². The van der Waals surface area contributed by atoms with Gasteiger partial charge in [0.25, 0.3) is 0 Å². The molecular formula is C25H50N6O11. The summed E-state index contributed by atoms with van der Waals surface area (Å²) in [5.74, 6) is 0. The fourth-order valence-corrected chi connectivity index (χ4v) is 6.02. The first-order valence-electron chi connectivity index (χ1n) is 14.7. The maximum absolute atomic E-state index is 11.2. The average Bonchev–Trinajstić information content (AvgIpc) is 3.27. The van der Waals surface area contributed by atoms with E-state index in [2.05, 4.69) is 0 Å². The Morgan fingerprint density at radius 1 is 0.714 bits per heavy atom. The minimum atomic E-state index is -1.53. The van der Waals surface area contributed by atoms with Gasteiger partial charge in [-0.1, -0.05) is 6.92 Å². The van der Waals surface area contributed by atoms with E-state index in [-0.39, 0.29) is 25.1 Å². The van der Waals surface area contributed by atoms with Crippen molar-refractivity contribution in [2.24, 2.45) is 34.4 Å². The van der Waals surface area contributed by atoms with Gasteiger partial charge in [-0.25, -0.2) is 0 Å². The molecule has 0 amide bonds. The normalized spacial score (nSPS) is 51.0. The number of hydrogen-bond acceptors (Lipinski definition) is 17. The van der Waals surface area contributed by atoms with Crippen LogP contribution in [0.2, 0.25) is 0 Å². The van der Waals surface area contributed by atoms with Crippen LogP contribution >= 0.6 is 0 Å². The predicted octanol–water partition coefficient (Wildman–Crippen LogP) is -6.06. The predicted molar refractivity (Wildman–Crippen MR) is 145 cm³/mol. The monoisotopic (exact) mass is 610 g/mol. The first-order chi connectivity index (χ1) is 19.9. The molecule has 17 N–H and O–H groups in total. The van der Waals surface area contributed by atoms with Crippen LogP contribution in [0.5, 0.6) is 0 Å². The molecule has 18 atom stereocenters. The van der Waals surface area contributed by atoms with Crippen molar-refractivity contribution in [2.75, 3.05) is 13.2 Å². The van der Waals surface area contributed by atoms with Gasteiger partial charge in [-0.2, -0.15) is 0 Å². The number of ether oxygens (including phenoxy) is 6. The van der Waals surface area contributed by atoms with E-state index in [4.69, 9.17) is 62.8 Å². The maximum Gasteiger partial charge on any atom is 0.187 e. The Morgan fingerprint density at radius 2 is 1.36 bits per heavy atom. The Bertz CT molecular complexity index is 853. The second-order valence-electron chi connectivity index (χ2n) is 11.8. The summed E-state index contributed by atoms with van der Waals surface area (Å²) in [4.78, 5) is 0. The fourth-order valence-electron chi connectivity index (χ4n) is 6.02. The van der Waals surface area contributed by atoms with Crippen LogP contribution in [0, 0.1) is 0 Å². The summed E-state index contributed by atoms with van der Waals surface area (Å²) in [5, 5.41) is 52.7. The van der Waals surface area contributed by atoms with Crippen LogP contribution in [0.25, 0.3) is 0 Å². The third-order valence-electron chi connectivity index (χ3n) is 8.78. The molecule has 0 bridgehead atoms. The molecule has 3 heterocycles. The molecule has 42 heavy (non-hydrogen) atoms. The van der Waals surface area contributed by atoms with Crippen molar-refractivity contribution < 1.29 is 54.0 Å². The lowest BCUT2D eigenvalue weighted by atomic mass is 9.84. The van der Waals surface area contributed by atoms with Crippen LogP contribution in [0.1, 0.15) is 32.6 Å². The Kier molecular flexibility index (Phi) is 11.9. The molecule has 3 saturated heterocycles. The van der Waals surface area contributed by atoms with E-state index in [1.54, 1.807) is 0 Å². The van der Waals surface area contributed by atoms with Gasteiger partial charge in [0.15, 0.2) is 18.9 Å². The third-order valence-corrected chi connectivity index (χ3v) is 8.78. The molecule has 246 valence electrons. The topological polar surface area (TPSA) is 313 Å². The lowest BCUT2D eigenvalue weighted by Gasteiger charge is -2.46. The van der Waals surface area contributed by atoms with Gasteiger partial charge in [-0.3, -0.25) is 0 Å². The summed E-state index contributed by atoms with van der Waals surface area (Å²) in [5.41, 5.74) is 36.7. The molecule has 17 heteroatoms. The zero-order valence-corrected chi connectivity index (χ0v) is 23.8. The molecule has 0 spiro atoms. The summed E-state index contributed by atoms with van der Waals surface area (Å²) in [6.07, 6.45) is -12.8. The first kappa shape index (κ1) is 34.2. The number of aliphatic hydroxyl groups excluding tert-OH is 5. The summed E-state index contributed by atoms with van der Waals surface area (Å²) in [7, 11) is 0. The Hall–Kier alpha value is -0.680. The quantitative estimate of drug-likeness (QED) is 0.110. The van der Waals surface area contributed by atoms with Crippen LogP contribution in [0.3, 0.4) is 0 Å². The highest BCUT2D eigenvalue weighted by atomic mass is 16.8. The third kappa shape index (κ3) is 7.08. The van der Waals surface area contributed by atoms with Gasteiger partial charge < -0.3 is 88.4 Å². The lowest BCUT2D eigenvalue weighted by Crippen LogP contribution is -2.65. The lowest BCUT2D eigenvalue weighted by molar-refractivity contribution is -0.290. The van der Waals surface area contributed by atoms with Gasteiger partial charge >= 0.3 is 0 Å². The van der Waals surface area contributed by atoms with Gasteiger partial charge in [-0.15, -0.1) is 0 Å². The number of aliphatic hydroxyl groups is 5. The SMILES string of the molecule is CC[C@@H](N)[C@@H]1CC[C@@H](N)[C@@H](O[C@H]2[C@H](O[C@@H]3O[C@H](CO)[C@@H](O[C@H]4O[C@@H](CN)[C@@H](O)[C@H](O)[C@H]4N)[C@H]3O)[C@@H](O)[C@H](N)C[C@@H]2N)O1. The minimum Gasteiger partial charge on any atom is -0.394 e. The van der Waals surface area contributed by atoms with Crippen LogP contribution in [-0.2, 0) is 28.4 Å². The van der Waals surface area contributed by atoms with Crippen LogP contribution in [0.4, 0.5) is 0 Å². The Morgan fingerprint density at radius 3 is 2.00 bits per heavy atom. The zero-order valence-electron chi connectivity index (χ0n) is 23.8. The van der Waals surface area contributed by atoms with Crippen molar-refractivity contribution in [3.63, 3.8) is 0 Å². The minimum absolute atomic E-state index is 0.134. The van der Waals surface area contributed by atoms with Gasteiger partial charge in [-0.05, 0) is 25.7 Å². The molecule has 1 saturated carbocycles. The smallest absolute Gasteiger partial charge is 0.187 e. The first-order valence-corrected chi connectivity index (χ1v) is 14.7.